The minimum absolute atomic E-state index is 0.0468. The maximum atomic E-state index is 14.9. The number of ether oxygens (including phenoxy) is 3. The molecule has 12 rings (SSSR count). The second-order valence-electron chi connectivity index (χ2n) is 23.3. The number of anilines is 3. The van der Waals surface area contributed by atoms with Gasteiger partial charge in [-0.1, -0.05) is 56.3 Å². The Balaban J connectivity index is 0.849. The first kappa shape index (κ1) is 56.1. The Morgan fingerprint density at radius 3 is 2.55 bits per heavy atom. The average Bonchev–Trinajstić information content (AvgIpc) is 2.61. The Hall–Kier alpha value is -8.42. The zero-order valence-electron chi connectivity index (χ0n) is 48.7. The van der Waals surface area contributed by atoms with E-state index in [-0.39, 0.29) is 48.2 Å². The number of likely N-dealkylation sites (tertiary alicyclic amines) is 1. The molecule has 1 saturated carbocycles. The maximum Gasteiger partial charge on any atom is 0.319 e. The quantitative estimate of drug-likeness (QED) is 0.0242. The number of rotatable bonds is 22. The number of fused-ring (bicyclic) bond motifs is 3. The molecule has 5 aliphatic rings. The normalized spacial score (nSPS) is 19.3. The van der Waals surface area contributed by atoms with E-state index in [0.29, 0.717) is 66.4 Å². The second-order valence-corrected chi connectivity index (χ2v) is 23.3. The number of nitrogen functional groups attached to an aromatic ring is 1. The fourth-order valence-electron chi connectivity index (χ4n) is 13.1. The van der Waals surface area contributed by atoms with Crippen molar-refractivity contribution in [2.24, 2.45) is 10.9 Å². The zero-order valence-corrected chi connectivity index (χ0v) is 48.7. The molecular weight excluding hydrogens is 1060 g/mol. The number of amides is 1. The van der Waals surface area contributed by atoms with Gasteiger partial charge in [0, 0.05) is 135 Å². The van der Waals surface area contributed by atoms with Gasteiger partial charge < -0.3 is 51.1 Å². The first-order chi connectivity index (χ1) is 41.0. The number of nitrogens with zero attached hydrogens (tertiary/aromatic N) is 9. The van der Waals surface area contributed by atoms with E-state index in [1.54, 1.807) is 10.9 Å². The van der Waals surface area contributed by atoms with Crippen molar-refractivity contribution in [3.63, 3.8) is 0 Å². The number of aldehydes is 1. The number of benzene rings is 4. The van der Waals surface area contributed by atoms with Gasteiger partial charge in [-0.2, -0.15) is 20.2 Å². The number of nitrogens with one attached hydrogen (secondary N) is 4. The van der Waals surface area contributed by atoms with E-state index in [1.165, 1.54) is 6.21 Å². The van der Waals surface area contributed by atoms with E-state index in [2.05, 4.69) is 81.8 Å². The lowest BCUT2D eigenvalue weighted by atomic mass is 9.87. The van der Waals surface area contributed by atoms with Crippen LogP contribution in [0.4, 0.5) is 17.2 Å². The van der Waals surface area contributed by atoms with Crippen LogP contribution >= 0.6 is 0 Å². The number of carbonyl (C=O) groups is 2. The number of aromatic nitrogens is 6. The zero-order chi connectivity index (χ0) is 58.2. The Kier molecular flexibility index (Phi) is 16.1. The lowest BCUT2D eigenvalue weighted by Crippen LogP contribution is -2.45. The molecule has 0 spiro atoms. The molecule has 2 bridgehead atoms. The molecule has 4 atom stereocenters. The van der Waals surface area contributed by atoms with Crippen LogP contribution in [-0.2, 0) is 22.7 Å². The van der Waals surface area contributed by atoms with E-state index in [1.807, 2.05) is 79.3 Å². The topological polar surface area (TPSA) is 228 Å². The van der Waals surface area contributed by atoms with Gasteiger partial charge in [-0.25, -0.2) is 0 Å². The van der Waals surface area contributed by atoms with Crippen molar-refractivity contribution in [1.29, 1.82) is 5.41 Å². The van der Waals surface area contributed by atoms with Gasteiger partial charge in [-0.3, -0.25) is 23.9 Å². The van der Waals surface area contributed by atoms with Crippen molar-refractivity contribution in [3.8, 4) is 45.3 Å². The molecule has 4 aliphatic heterocycles. The number of aliphatic imine (C=N–C) groups is 1. The summed E-state index contributed by atoms with van der Waals surface area (Å²) in [5.74, 6) is 1.50. The van der Waals surface area contributed by atoms with Crippen LogP contribution in [0, 0.1) is 18.3 Å². The van der Waals surface area contributed by atoms with E-state index in [4.69, 9.17) is 40.4 Å². The highest BCUT2D eigenvalue weighted by molar-refractivity contribution is 6.05. The molecule has 1 aliphatic carbocycles. The van der Waals surface area contributed by atoms with Gasteiger partial charge >= 0.3 is 6.01 Å². The summed E-state index contributed by atoms with van der Waals surface area (Å²) < 4.78 is 23.3. The van der Waals surface area contributed by atoms with Gasteiger partial charge in [0.15, 0.2) is 12.0 Å². The third-order valence-corrected chi connectivity index (χ3v) is 17.6. The summed E-state index contributed by atoms with van der Waals surface area (Å²) >= 11 is 0. The smallest absolute Gasteiger partial charge is 0.319 e. The molecule has 4 unspecified atom stereocenters. The van der Waals surface area contributed by atoms with Crippen molar-refractivity contribution in [3.05, 3.63) is 119 Å². The van der Waals surface area contributed by atoms with Crippen LogP contribution in [0.1, 0.15) is 116 Å². The lowest BCUT2D eigenvalue weighted by Gasteiger charge is -2.31. The molecule has 436 valence electrons. The van der Waals surface area contributed by atoms with Crippen LogP contribution < -0.4 is 36.1 Å². The van der Waals surface area contributed by atoms with Gasteiger partial charge in [0.1, 0.15) is 35.8 Å². The molecule has 1 amide bonds. The molecule has 5 fully saturated rings. The largest absolute Gasteiger partial charge is 0.486 e. The second kappa shape index (κ2) is 24.0. The monoisotopic (exact) mass is 1130 g/mol. The lowest BCUT2D eigenvalue weighted by molar-refractivity contribution is -0.137. The highest BCUT2D eigenvalue weighted by Gasteiger charge is 2.41. The van der Waals surface area contributed by atoms with Crippen molar-refractivity contribution < 1.29 is 23.8 Å². The summed E-state index contributed by atoms with van der Waals surface area (Å²) in [4.78, 5) is 47.0. The van der Waals surface area contributed by atoms with E-state index >= 15 is 0 Å². The number of aryl methyl sites for hydroxylation is 2. The fraction of sp³-hybridized carbons (Fsp3) is 0.415. The highest BCUT2D eigenvalue weighted by Crippen LogP contribution is 2.53. The first-order valence-electron chi connectivity index (χ1n) is 29.8. The SMILES string of the molecule is C=N/C=C(\NCC1CCCN1C(=O)C(C(C)C)n1cc(-c2ccc(COc3c(-c4c(C)ccc(N)c4C=N)c(C4CC4)cc4c(N5CC6CC5CN6)nc(OC5CCOCC5)nc34)cc2NC)c(C=O)n1)c1ccc(-c2ccnn2CC)cc1. The summed E-state index contributed by atoms with van der Waals surface area (Å²) in [6.45, 7) is 16.9. The van der Waals surface area contributed by atoms with Crippen molar-refractivity contribution in [2.75, 3.05) is 62.4 Å². The first-order valence-corrected chi connectivity index (χ1v) is 29.8. The van der Waals surface area contributed by atoms with Crippen molar-refractivity contribution >= 4 is 58.9 Å². The van der Waals surface area contributed by atoms with E-state index in [9.17, 15) is 9.59 Å². The molecule has 84 heavy (non-hydrogen) atoms. The maximum absolute atomic E-state index is 14.9. The van der Waals surface area contributed by atoms with Gasteiger partial charge in [0.05, 0.1) is 24.6 Å². The Morgan fingerprint density at radius 2 is 1.85 bits per heavy atom. The van der Waals surface area contributed by atoms with Crippen molar-refractivity contribution in [1.82, 2.24) is 45.1 Å². The van der Waals surface area contributed by atoms with E-state index < -0.39 is 6.04 Å². The Morgan fingerprint density at radius 1 is 1.02 bits per heavy atom. The number of nitrogens with two attached hydrogens (primary N) is 1. The molecular formula is C65H76N14O5. The van der Waals surface area contributed by atoms with Gasteiger partial charge in [-0.05, 0) is 122 Å². The highest BCUT2D eigenvalue weighted by atomic mass is 16.5. The standard InChI is InChI=1S/C65H76N14O5/c1-7-78-57(20-23-72-78)43-16-14-42(15-17-43)55(33-68-5)71-31-45-9-8-24-76(45)64(81)61(38(2)3)79-35-52(56(36-80)75-79)48-18-11-40(27-54(48)69-6)37-83-62-59(58-39(4)10-19-53(67)51(58)30-66)49(41-12-13-41)29-50-60(62)73-65(84-47-21-25-82-26-22-47)74-63(50)77-34-44-28-46(77)32-70-44/h10-11,14-20,23,27,29-30,33,35-36,38,41,44-47,61,66,69-71H,5,7-9,12-13,21-22,24-26,28,31-32,34,37,67H2,1-4,6H3/b55-33-,66-30?. The molecule has 19 nitrogen and oxygen atoms in total. The number of hydrogen-bond donors (Lipinski definition) is 5. The van der Waals surface area contributed by atoms with Crippen LogP contribution in [0.2, 0.25) is 0 Å². The van der Waals surface area contributed by atoms with Gasteiger partial charge in [-0.15, -0.1) is 0 Å². The predicted octanol–water partition coefficient (Wildman–Crippen LogP) is 9.83. The van der Waals surface area contributed by atoms with Crippen molar-refractivity contribution in [2.45, 2.75) is 122 Å². The predicted molar refractivity (Wildman–Crippen MR) is 330 cm³/mol. The Bertz CT molecular complexity index is 3650. The summed E-state index contributed by atoms with van der Waals surface area (Å²) in [6, 6.07) is 22.7. The number of hydrogen-bond acceptors (Lipinski definition) is 16. The third-order valence-electron chi connectivity index (χ3n) is 17.6. The van der Waals surface area contributed by atoms with Crippen LogP contribution in [0.3, 0.4) is 0 Å². The number of carbonyl (C=O) groups excluding carboxylic acids is 2. The summed E-state index contributed by atoms with van der Waals surface area (Å²) in [7, 11) is 1.85. The number of piperazine rings is 1. The van der Waals surface area contributed by atoms with Crippen LogP contribution in [0.25, 0.3) is 50.1 Å². The third kappa shape index (κ3) is 10.9. The molecule has 6 N–H and O–H groups in total. The minimum Gasteiger partial charge on any atom is -0.486 e. The molecule has 4 saturated heterocycles. The molecule has 7 heterocycles. The average molecular weight is 1130 g/mol. The molecule has 3 aromatic heterocycles. The summed E-state index contributed by atoms with van der Waals surface area (Å²) in [5, 5.41) is 29.5. The van der Waals surface area contributed by atoms with E-state index in [0.717, 1.165) is 144 Å². The molecule has 7 aromatic rings. The molecule has 4 aromatic carbocycles. The van der Waals surface area contributed by atoms with Gasteiger partial charge in [0.2, 0.25) is 5.91 Å². The summed E-state index contributed by atoms with van der Waals surface area (Å²) in [6.07, 6.45) is 13.6. The molecule has 19 heteroatoms. The fourth-order valence-corrected chi connectivity index (χ4v) is 13.1. The van der Waals surface area contributed by atoms with Crippen LogP contribution in [0.5, 0.6) is 11.8 Å². The minimum atomic E-state index is -0.672. The van der Waals surface area contributed by atoms with Gasteiger partial charge in [0.25, 0.3) is 0 Å². The summed E-state index contributed by atoms with van der Waals surface area (Å²) in [5.41, 5.74) is 19.4. The Labute approximate surface area is 490 Å². The molecule has 0 radical (unpaired) electrons. The van der Waals surface area contributed by atoms with Crippen LogP contribution in [-0.4, -0.2) is 130 Å². The van der Waals surface area contributed by atoms with Crippen LogP contribution in [0.15, 0.2) is 90.3 Å².